The topological polar surface area (TPSA) is 102 Å². The number of furan rings is 1. The van der Waals surface area contributed by atoms with Crippen molar-refractivity contribution in [3.63, 3.8) is 0 Å². The maximum absolute atomic E-state index is 12.4. The summed E-state index contributed by atoms with van der Waals surface area (Å²) in [5.41, 5.74) is 1.33. The van der Waals surface area contributed by atoms with E-state index in [1.165, 1.54) is 19.4 Å². The summed E-state index contributed by atoms with van der Waals surface area (Å²) in [5, 5.41) is 5.71. The lowest BCUT2D eigenvalue weighted by molar-refractivity contribution is 0.0480. The summed E-state index contributed by atoms with van der Waals surface area (Å²) in [5.74, 6) is 1.37. The van der Waals surface area contributed by atoms with Gasteiger partial charge in [-0.25, -0.2) is 4.79 Å². The molecule has 2 heterocycles. The molecule has 0 N–H and O–H groups in total. The Kier molecular flexibility index (Phi) is 6.63. The van der Waals surface area contributed by atoms with E-state index in [0.29, 0.717) is 45.4 Å². The highest BCUT2D eigenvalue weighted by Gasteiger charge is 2.20. The maximum atomic E-state index is 12.4. The second kappa shape index (κ2) is 9.95. The van der Waals surface area contributed by atoms with Crippen molar-refractivity contribution in [3.05, 3.63) is 78.0 Å². The minimum absolute atomic E-state index is 0.0210. The van der Waals surface area contributed by atoms with Gasteiger partial charge in [0, 0.05) is 17.1 Å². The van der Waals surface area contributed by atoms with E-state index in [2.05, 4.69) is 10.1 Å². The van der Waals surface area contributed by atoms with Gasteiger partial charge in [-0.3, -0.25) is 4.98 Å². The van der Waals surface area contributed by atoms with Crippen molar-refractivity contribution < 1.29 is 33.0 Å². The van der Waals surface area contributed by atoms with Gasteiger partial charge in [0.2, 0.25) is 5.76 Å². The van der Waals surface area contributed by atoms with Crippen LogP contribution >= 0.6 is 0 Å². The van der Waals surface area contributed by atoms with E-state index in [-0.39, 0.29) is 5.76 Å². The van der Waals surface area contributed by atoms with Gasteiger partial charge in [-0.05, 0) is 53.9 Å². The molecule has 4 aromatic rings. The Hall–Kier alpha value is -4.53. The van der Waals surface area contributed by atoms with E-state index in [4.69, 9.17) is 28.2 Å². The molecule has 34 heavy (non-hydrogen) atoms. The van der Waals surface area contributed by atoms with Crippen LogP contribution in [0.4, 0.5) is 0 Å². The zero-order valence-corrected chi connectivity index (χ0v) is 19.0. The molecule has 0 unspecified atom stereocenters. The lowest BCUT2D eigenvalue weighted by Gasteiger charge is -2.14. The molecule has 0 aliphatic heterocycles. The number of hydrogen-bond donors (Lipinski definition) is 0. The van der Waals surface area contributed by atoms with Gasteiger partial charge in [0.05, 0.1) is 34.7 Å². The standard InChI is InChI=1S/C25H22N2O7/c1-29-18-8-7-16(13-20(18)30-2)23(27-34-25(28)19-6-5-11-33-19)24-17-14-22(32-4)21(31-3)12-15(17)9-10-26-24/h5-14H,1-4H3. The lowest BCUT2D eigenvalue weighted by atomic mass is 10.0. The minimum Gasteiger partial charge on any atom is -0.493 e. The number of hydrogen-bond acceptors (Lipinski definition) is 9. The number of fused-ring (bicyclic) bond motifs is 1. The molecule has 0 atom stereocenters. The predicted octanol–water partition coefficient (Wildman–Crippen LogP) is 4.47. The first kappa shape index (κ1) is 22.7. The summed E-state index contributed by atoms with van der Waals surface area (Å²) in [4.78, 5) is 22.2. The third-order valence-electron chi connectivity index (χ3n) is 5.09. The first-order valence-corrected chi connectivity index (χ1v) is 10.2. The van der Waals surface area contributed by atoms with Crippen LogP contribution in [0.3, 0.4) is 0 Å². The number of pyridine rings is 1. The molecule has 2 aromatic heterocycles. The molecular weight excluding hydrogens is 440 g/mol. The molecule has 0 bridgehead atoms. The molecular formula is C25H22N2O7. The number of benzene rings is 2. The van der Waals surface area contributed by atoms with Gasteiger partial charge in [-0.15, -0.1) is 0 Å². The third-order valence-corrected chi connectivity index (χ3v) is 5.09. The van der Waals surface area contributed by atoms with Gasteiger partial charge >= 0.3 is 5.97 Å². The number of carbonyl (C=O) groups is 1. The summed E-state index contributed by atoms with van der Waals surface area (Å²) < 4.78 is 26.8. The molecule has 0 saturated heterocycles. The summed E-state index contributed by atoms with van der Waals surface area (Å²) in [7, 11) is 6.19. The van der Waals surface area contributed by atoms with E-state index in [9.17, 15) is 4.79 Å². The molecule has 0 amide bonds. The van der Waals surface area contributed by atoms with Crippen molar-refractivity contribution in [1.82, 2.24) is 4.98 Å². The van der Waals surface area contributed by atoms with E-state index in [1.54, 1.807) is 57.9 Å². The van der Waals surface area contributed by atoms with Crippen LogP contribution in [0.5, 0.6) is 23.0 Å². The van der Waals surface area contributed by atoms with Gasteiger partial charge in [0.15, 0.2) is 23.0 Å². The van der Waals surface area contributed by atoms with Crippen LogP contribution in [0.1, 0.15) is 21.8 Å². The number of methoxy groups -OCH3 is 4. The number of carbonyl (C=O) groups excluding carboxylic acids is 1. The van der Waals surface area contributed by atoms with Crippen molar-refractivity contribution in [3.8, 4) is 23.0 Å². The monoisotopic (exact) mass is 462 g/mol. The van der Waals surface area contributed by atoms with Crippen molar-refractivity contribution in [1.29, 1.82) is 0 Å². The lowest BCUT2D eigenvalue weighted by Crippen LogP contribution is -2.10. The van der Waals surface area contributed by atoms with E-state index in [0.717, 1.165) is 5.39 Å². The predicted molar refractivity (Wildman–Crippen MR) is 124 cm³/mol. The number of oxime groups is 1. The molecule has 4 rings (SSSR count). The minimum atomic E-state index is -0.748. The van der Waals surface area contributed by atoms with Crippen LogP contribution in [0.15, 0.2) is 70.6 Å². The normalized spacial score (nSPS) is 11.2. The smallest absolute Gasteiger partial charge is 0.400 e. The second-order valence-electron chi connectivity index (χ2n) is 6.95. The van der Waals surface area contributed by atoms with Crippen LogP contribution < -0.4 is 18.9 Å². The highest BCUT2D eigenvalue weighted by Crippen LogP contribution is 2.35. The largest absolute Gasteiger partial charge is 0.493 e. The first-order valence-electron chi connectivity index (χ1n) is 10.2. The Morgan fingerprint density at radius 2 is 1.56 bits per heavy atom. The van der Waals surface area contributed by atoms with Gasteiger partial charge in [0.25, 0.3) is 0 Å². The van der Waals surface area contributed by atoms with Crippen LogP contribution in [0.2, 0.25) is 0 Å². The molecule has 0 saturated carbocycles. The van der Waals surface area contributed by atoms with E-state index < -0.39 is 5.97 Å². The van der Waals surface area contributed by atoms with Crippen LogP contribution in [0, 0.1) is 0 Å². The fraction of sp³-hybridized carbons (Fsp3) is 0.160. The Balaban J connectivity index is 1.90. The van der Waals surface area contributed by atoms with Gasteiger partial charge < -0.3 is 28.2 Å². The highest BCUT2D eigenvalue weighted by atomic mass is 16.7. The summed E-state index contributed by atoms with van der Waals surface area (Å²) in [6.45, 7) is 0. The number of rotatable bonds is 8. The molecule has 0 aliphatic rings. The third kappa shape index (κ3) is 4.36. The molecule has 0 spiro atoms. The van der Waals surface area contributed by atoms with E-state index >= 15 is 0 Å². The van der Waals surface area contributed by atoms with Crippen molar-refractivity contribution >= 4 is 22.5 Å². The first-order chi connectivity index (χ1) is 16.6. The Bertz CT molecular complexity index is 1350. The van der Waals surface area contributed by atoms with Crippen molar-refractivity contribution in [2.45, 2.75) is 0 Å². The Morgan fingerprint density at radius 1 is 0.853 bits per heavy atom. The Morgan fingerprint density at radius 3 is 2.24 bits per heavy atom. The SMILES string of the molecule is COc1ccc(C(=NOC(=O)c2ccco2)c2nccc3cc(OC)c(OC)cc23)cc1OC. The number of nitrogens with zero attached hydrogens (tertiary/aromatic N) is 2. The summed E-state index contributed by atoms with van der Waals surface area (Å²) in [6.07, 6.45) is 3.01. The highest BCUT2D eigenvalue weighted by molar-refractivity contribution is 6.18. The van der Waals surface area contributed by atoms with Crippen LogP contribution in [0.25, 0.3) is 10.8 Å². The molecule has 174 valence electrons. The fourth-order valence-corrected chi connectivity index (χ4v) is 3.43. The second-order valence-corrected chi connectivity index (χ2v) is 6.95. The number of ether oxygens (including phenoxy) is 4. The van der Waals surface area contributed by atoms with Gasteiger partial charge in [-0.2, -0.15) is 0 Å². The molecule has 2 aromatic carbocycles. The average Bonchev–Trinajstić information content (AvgIpc) is 3.43. The zero-order chi connectivity index (χ0) is 24.1. The summed E-state index contributed by atoms with van der Waals surface area (Å²) in [6, 6.07) is 13.8. The number of aromatic nitrogens is 1. The van der Waals surface area contributed by atoms with E-state index in [1.807, 2.05) is 12.1 Å². The molecule has 9 nitrogen and oxygen atoms in total. The zero-order valence-electron chi connectivity index (χ0n) is 19.0. The fourth-order valence-electron chi connectivity index (χ4n) is 3.43. The molecule has 0 radical (unpaired) electrons. The molecule has 0 fully saturated rings. The van der Waals surface area contributed by atoms with Crippen LogP contribution in [-0.2, 0) is 4.84 Å². The van der Waals surface area contributed by atoms with Crippen LogP contribution in [-0.4, -0.2) is 45.1 Å². The maximum Gasteiger partial charge on any atom is 0.400 e. The van der Waals surface area contributed by atoms with Crippen molar-refractivity contribution in [2.75, 3.05) is 28.4 Å². The molecule has 0 aliphatic carbocycles. The van der Waals surface area contributed by atoms with Gasteiger partial charge in [0.1, 0.15) is 11.4 Å². The average molecular weight is 462 g/mol. The quantitative estimate of drug-likeness (QED) is 0.215. The van der Waals surface area contributed by atoms with Crippen molar-refractivity contribution in [2.24, 2.45) is 5.16 Å². The molecule has 9 heteroatoms. The Labute approximate surface area is 195 Å². The van der Waals surface area contributed by atoms with Gasteiger partial charge in [-0.1, -0.05) is 5.16 Å². The summed E-state index contributed by atoms with van der Waals surface area (Å²) >= 11 is 0.